The van der Waals surface area contributed by atoms with Crippen LogP contribution in [0.15, 0.2) is 18.2 Å². The smallest absolute Gasteiger partial charge is 0.337 e. The van der Waals surface area contributed by atoms with Crippen LogP contribution in [0.5, 0.6) is 0 Å². The quantitative estimate of drug-likeness (QED) is 0.841. The van der Waals surface area contributed by atoms with E-state index in [1.165, 1.54) is 30.0 Å². The van der Waals surface area contributed by atoms with E-state index in [-0.39, 0.29) is 46.7 Å². The summed E-state index contributed by atoms with van der Waals surface area (Å²) in [6.07, 6.45) is 0.160. The van der Waals surface area contributed by atoms with Crippen molar-refractivity contribution >= 4 is 40.4 Å². The topological polar surface area (TPSA) is 112 Å². The van der Waals surface area contributed by atoms with E-state index in [0.717, 1.165) is 11.8 Å². The summed E-state index contributed by atoms with van der Waals surface area (Å²) < 4.78 is 0. The largest absolute Gasteiger partial charge is 0.478 e. The molecule has 122 valence electrons. The number of hydrogen-bond acceptors (Lipinski definition) is 5. The first kappa shape index (κ1) is 17.0. The second-order valence-corrected chi connectivity index (χ2v) is 6.39. The Balaban J connectivity index is 2.37. The third kappa shape index (κ3) is 3.70. The zero-order valence-electron chi connectivity index (χ0n) is 12.3. The number of carbonyl (C=O) groups is 4. The molecular weight excluding hydrogens is 322 g/mol. The monoisotopic (exact) mass is 337 g/mol. The Morgan fingerprint density at radius 3 is 2.26 bits per heavy atom. The number of thioether (sulfide) groups is 1. The van der Waals surface area contributed by atoms with Gasteiger partial charge in [0.25, 0.3) is 0 Å². The minimum Gasteiger partial charge on any atom is -0.478 e. The van der Waals surface area contributed by atoms with Crippen molar-refractivity contribution in [2.75, 3.05) is 17.2 Å². The van der Waals surface area contributed by atoms with Crippen LogP contribution < -0.4 is 4.90 Å². The first-order chi connectivity index (χ1) is 10.8. The molecular formula is C15H15NO6S. The van der Waals surface area contributed by atoms with Crippen molar-refractivity contribution < 1.29 is 29.4 Å². The van der Waals surface area contributed by atoms with Crippen molar-refractivity contribution in [1.29, 1.82) is 0 Å². The zero-order valence-corrected chi connectivity index (χ0v) is 13.1. The van der Waals surface area contributed by atoms with Crippen molar-refractivity contribution in [3.05, 3.63) is 29.3 Å². The molecule has 2 rings (SSSR count). The van der Waals surface area contributed by atoms with E-state index in [1.807, 2.05) is 0 Å². The highest BCUT2D eigenvalue weighted by Gasteiger charge is 2.35. The summed E-state index contributed by atoms with van der Waals surface area (Å²) in [6, 6.07) is 3.88. The summed E-state index contributed by atoms with van der Waals surface area (Å²) in [7, 11) is 0. The summed E-state index contributed by atoms with van der Waals surface area (Å²) in [5.74, 6) is -2.61. The Morgan fingerprint density at radius 2 is 1.78 bits per heavy atom. The molecule has 1 saturated heterocycles. The molecule has 1 fully saturated rings. The summed E-state index contributed by atoms with van der Waals surface area (Å²) in [6.45, 7) is 1.63. The fraction of sp³-hybridized carbons (Fsp3) is 0.333. The van der Waals surface area contributed by atoms with Crippen LogP contribution in [-0.2, 0) is 9.59 Å². The molecule has 0 aromatic heterocycles. The molecule has 8 heteroatoms. The van der Waals surface area contributed by atoms with Crippen LogP contribution in [0.2, 0.25) is 0 Å². The predicted molar refractivity (Wildman–Crippen MR) is 84.0 cm³/mol. The Hall–Kier alpha value is -2.35. The third-order valence-corrected chi connectivity index (χ3v) is 4.54. The number of nitrogens with zero attached hydrogens (tertiary/aromatic N) is 1. The van der Waals surface area contributed by atoms with Gasteiger partial charge in [-0.3, -0.25) is 9.59 Å². The van der Waals surface area contributed by atoms with Crippen LogP contribution in [0, 0.1) is 5.92 Å². The maximum absolute atomic E-state index is 12.2. The average molecular weight is 337 g/mol. The van der Waals surface area contributed by atoms with Crippen molar-refractivity contribution in [1.82, 2.24) is 0 Å². The number of carboxylic acids is 2. The van der Waals surface area contributed by atoms with E-state index >= 15 is 0 Å². The van der Waals surface area contributed by atoms with Gasteiger partial charge in [0.15, 0.2) is 5.12 Å². The first-order valence-electron chi connectivity index (χ1n) is 6.84. The number of anilines is 1. The van der Waals surface area contributed by atoms with Crippen LogP contribution in [0.25, 0.3) is 0 Å². The van der Waals surface area contributed by atoms with Crippen molar-refractivity contribution in [3.63, 3.8) is 0 Å². The first-order valence-corrected chi connectivity index (χ1v) is 7.83. The second kappa shape index (κ2) is 6.82. The molecule has 7 nitrogen and oxygen atoms in total. The molecule has 0 radical (unpaired) electrons. The highest BCUT2D eigenvalue weighted by atomic mass is 32.2. The second-order valence-electron chi connectivity index (χ2n) is 5.19. The van der Waals surface area contributed by atoms with Crippen molar-refractivity contribution in [2.24, 2.45) is 5.92 Å². The summed E-state index contributed by atoms with van der Waals surface area (Å²) in [5, 5.41) is 18.5. The molecule has 1 amide bonds. The van der Waals surface area contributed by atoms with Crippen LogP contribution >= 0.6 is 11.8 Å². The van der Waals surface area contributed by atoms with Crippen LogP contribution in [0.3, 0.4) is 0 Å². The summed E-state index contributed by atoms with van der Waals surface area (Å²) in [5.41, 5.74) is -0.538. The molecule has 0 aliphatic carbocycles. The summed E-state index contributed by atoms with van der Waals surface area (Å²) in [4.78, 5) is 47.2. The van der Waals surface area contributed by atoms with Crippen LogP contribution in [-0.4, -0.2) is 45.5 Å². The fourth-order valence-electron chi connectivity index (χ4n) is 2.52. The highest BCUT2D eigenvalue weighted by Crippen LogP contribution is 2.33. The van der Waals surface area contributed by atoms with Gasteiger partial charge in [0.1, 0.15) is 0 Å². The number of aromatic carboxylic acids is 2. The van der Waals surface area contributed by atoms with Gasteiger partial charge < -0.3 is 15.1 Å². The molecule has 0 bridgehead atoms. The number of carboxylic acid groups (broad SMARTS) is 2. The Labute approximate surface area is 136 Å². The zero-order chi connectivity index (χ0) is 17.1. The van der Waals surface area contributed by atoms with Gasteiger partial charge in [0.05, 0.1) is 16.8 Å². The molecule has 0 saturated carbocycles. The Kier molecular flexibility index (Phi) is 5.05. The number of para-hydroxylation sites is 1. The molecule has 1 aliphatic rings. The normalized spacial score (nSPS) is 17.3. The molecule has 1 atom stereocenters. The highest BCUT2D eigenvalue weighted by molar-refractivity contribution is 8.13. The van der Waals surface area contributed by atoms with E-state index in [0.29, 0.717) is 5.75 Å². The lowest BCUT2D eigenvalue weighted by molar-refractivity contribution is -0.117. The number of rotatable bonds is 5. The predicted octanol–water partition coefficient (Wildman–Crippen LogP) is 1.72. The fourth-order valence-corrected chi connectivity index (χ4v) is 3.22. The van der Waals surface area contributed by atoms with Gasteiger partial charge in [-0.05, 0) is 18.1 Å². The van der Waals surface area contributed by atoms with Gasteiger partial charge in [-0.1, -0.05) is 17.8 Å². The van der Waals surface area contributed by atoms with Crippen molar-refractivity contribution in [2.45, 2.75) is 13.3 Å². The van der Waals surface area contributed by atoms with Gasteiger partial charge in [-0.2, -0.15) is 0 Å². The minimum atomic E-state index is -1.29. The Morgan fingerprint density at radius 1 is 1.22 bits per heavy atom. The van der Waals surface area contributed by atoms with Crippen LogP contribution in [0.4, 0.5) is 5.69 Å². The molecule has 1 unspecified atom stereocenters. The average Bonchev–Trinajstić information content (AvgIpc) is 2.85. The van der Waals surface area contributed by atoms with E-state index in [1.54, 1.807) is 0 Å². The third-order valence-electron chi connectivity index (χ3n) is 3.49. The molecule has 1 aromatic carbocycles. The lowest BCUT2D eigenvalue weighted by atomic mass is 10.1. The number of amides is 1. The molecule has 1 aromatic rings. The van der Waals surface area contributed by atoms with E-state index in [2.05, 4.69) is 0 Å². The van der Waals surface area contributed by atoms with Gasteiger partial charge >= 0.3 is 11.9 Å². The maximum atomic E-state index is 12.2. The number of benzene rings is 1. The van der Waals surface area contributed by atoms with E-state index < -0.39 is 11.9 Å². The SMILES string of the molecule is CC(=O)SCC1CC(=O)N(c2c(C(=O)O)cccc2C(=O)O)C1. The lowest BCUT2D eigenvalue weighted by Crippen LogP contribution is -2.29. The minimum absolute atomic E-state index is 0.0620. The van der Waals surface area contributed by atoms with Crippen LogP contribution in [0.1, 0.15) is 34.1 Å². The Bertz CT molecular complexity index is 654. The maximum Gasteiger partial charge on any atom is 0.337 e. The lowest BCUT2D eigenvalue weighted by Gasteiger charge is -2.21. The summed E-state index contributed by atoms with van der Waals surface area (Å²) >= 11 is 1.10. The van der Waals surface area contributed by atoms with Crippen molar-refractivity contribution in [3.8, 4) is 0 Å². The molecule has 2 N–H and O–H groups in total. The van der Waals surface area contributed by atoms with E-state index in [4.69, 9.17) is 0 Å². The van der Waals surface area contributed by atoms with Gasteiger partial charge in [-0.15, -0.1) is 0 Å². The van der Waals surface area contributed by atoms with Gasteiger partial charge in [0, 0.05) is 25.6 Å². The number of hydrogen-bond donors (Lipinski definition) is 2. The van der Waals surface area contributed by atoms with Gasteiger partial charge in [-0.25, -0.2) is 9.59 Å². The van der Waals surface area contributed by atoms with Gasteiger partial charge in [0.2, 0.25) is 5.91 Å². The molecule has 1 heterocycles. The molecule has 1 aliphatic heterocycles. The standard InChI is InChI=1S/C15H15NO6S/c1-8(17)23-7-9-5-12(18)16(6-9)13-10(14(19)20)3-2-4-11(13)15(21)22/h2-4,9H,5-7H2,1H3,(H,19,20)(H,21,22). The van der Waals surface area contributed by atoms with E-state index in [9.17, 15) is 29.4 Å². The molecule has 0 spiro atoms. The number of carbonyl (C=O) groups excluding carboxylic acids is 2. The molecule has 23 heavy (non-hydrogen) atoms.